The first kappa shape index (κ1) is 11.9. The molecular formula is C11H19N3O. The van der Waals surface area contributed by atoms with Gasteiger partial charge in [0.1, 0.15) is 12.1 Å². The lowest BCUT2D eigenvalue weighted by Crippen LogP contribution is -2.24. The molecule has 0 bridgehead atoms. The Morgan fingerprint density at radius 2 is 2.13 bits per heavy atom. The fourth-order valence-electron chi connectivity index (χ4n) is 1.27. The molecule has 0 radical (unpaired) electrons. The predicted molar refractivity (Wildman–Crippen MR) is 60.7 cm³/mol. The first-order chi connectivity index (χ1) is 7.03. The van der Waals surface area contributed by atoms with Crippen LogP contribution in [0, 0.1) is 12.3 Å². The van der Waals surface area contributed by atoms with E-state index in [-0.39, 0.29) is 12.0 Å². The fourth-order valence-corrected chi connectivity index (χ4v) is 1.27. The van der Waals surface area contributed by atoms with Crippen molar-refractivity contribution in [2.45, 2.75) is 27.2 Å². The Balaban J connectivity index is 2.49. The molecule has 4 nitrogen and oxygen atoms in total. The molecule has 0 aromatic carbocycles. The minimum absolute atomic E-state index is 0.0770. The van der Waals surface area contributed by atoms with Crippen LogP contribution in [0.3, 0.4) is 0 Å². The summed E-state index contributed by atoms with van der Waals surface area (Å²) in [6.07, 6.45) is 2.33. The predicted octanol–water partition coefficient (Wildman–Crippen LogP) is 1.61. The molecule has 4 heteroatoms. The highest BCUT2D eigenvalue weighted by molar-refractivity contribution is 5.34. The molecule has 15 heavy (non-hydrogen) atoms. The molecule has 1 aromatic heterocycles. The zero-order valence-corrected chi connectivity index (χ0v) is 9.62. The van der Waals surface area contributed by atoms with Crippen LogP contribution in [0.2, 0.25) is 0 Å². The molecule has 0 atom stereocenters. The maximum Gasteiger partial charge on any atom is 0.129 e. The molecule has 0 saturated carbocycles. The molecule has 0 aliphatic rings. The molecule has 0 spiro atoms. The van der Waals surface area contributed by atoms with Gasteiger partial charge in [0.2, 0.25) is 0 Å². The second kappa shape index (κ2) is 5.07. The van der Waals surface area contributed by atoms with Crippen molar-refractivity contribution in [3.8, 4) is 0 Å². The highest BCUT2D eigenvalue weighted by Crippen LogP contribution is 2.19. The van der Waals surface area contributed by atoms with Gasteiger partial charge in [0.25, 0.3) is 0 Å². The molecule has 0 aliphatic carbocycles. The Hall–Kier alpha value is -1.16. The molecule has 1 heterocycles. The molecule has 0 fully saturated rings. The number of hydrogen-bond donors (Lipinski definition) is 2. The van der Waals surface area contributed by atoms with E-state index < -0.39 is 0 Å². The van der Waals surface area contributed by atoms with Gasteiger partial charge in [0.15, 0.2) is 0 Å². The van der Waals surface area contributed by atoms with Gasteiger partial charge in [0, 0.05) is 24.9 Å². The maximum absolute atomic E-state index is 8.89. The SMILES string of the molecule is Cc1cc(NCC(C)(C)CCO)ncn1. The van der Waals surface area contributed by atoms with Gasteiger partial charge in [-0.25, -0.2) is 9.97 Å². The van der Waals surface area contributed by atoms with Crippen LogP contribution in [-0.2, 0) is 0 Å². The number of aliphatic hydroxyl groups excluding tert-OH is 1. The minimum atomic E-state index is 0.0770. The zero-order valence-electron chi connectivity index (χ0n) is 9.62. The van der Waals surface area contributed by atoms with Crippen molar-refractivity contribution in [1.82, 2.24) is 9.97 Å². The molecule has 0 unspecified atom stereocenters. The summed E-state index contributed by atoms with van der Waals surface area (Å²) in [5.74, 6) is 0.841. The van der Waals surface area contributed by atoms with Crippen molar-refractivity contribution >= 4 is 5.82 Å². The molecule has 1 rings (SSSR count). The highest BCUT2D eigenvalue weighted by Gasteiger charge is 2.16. The Morgan fingerprint density at radius 1 is 1.40 bits per heavy atom. The molecule has 0 amide bonds. The van der Waals surface area contributed by atoms with E-state index in [1.165, 1.54) is 0 Å². The molecule has 0 saturated heterocycles. The summed E-state index contributed by atoms with van der Waals surface area (Å²) in [6.45, 7) is 7.18. The smallest absolute Gasteiger partial charge is 0.129 e. The lowest BCUT2D eigenvalue weighted by atomic mass is 9.90. The average Bonchev–Trinajstić information content (AvgIpc) is 2.15. The van der Waals surface area contributed by atoms with Crippen LogP contribution >= 0.6 is 0 Å². The third-order valence-corrected chi connectivity index (χ3v) is 2.34. The van der Waals surface area contributed by atoms with E-state index in [1.54, 1.807) is 6.33 Å². The summed E-state index contributed by atoms with van der Waals surface area (Å²) in [6, 6.07) is 1.91. The van der Waals surface area contributed by atoms with Crippen molar-refractivity contribution in [2.75, 3.05) is 18.5 Å². The lowest BCUT2D eigenvalue weighted by molar-refractivity contribution is 0.220. The number of hydrogen-bond acceptors (Lipinski definition) is 4. The van der Waals surface area contributed by atoms with E-state index in [2.05, 4.69) is 29.1 Å². The monoisotopic (exact) mass is 209 g/mol. The number of nitrogens with one attached hydrogen (secondary N) is 1. The lowest BCUT2D eigenvalue weighted by Gasteiger charge is -2.24. The van der Waals surface area contributed by atoms with E-state index in [0.717, 1.165) is 24.5 Å². The Morgan fingerprint density at radius 3 is 2.73 bits per heavy atom. The Labute approximate surface area is 90.8 Å². The molecule has 2 N–H and O–H groups in total. The molecular weight excluding hydrogens is 190 g/mol. The van der Waals surface area contributed by atoms with Crippen LogP contribution in [-0.4, -0.2) is 28.2 Å². The third kappa shape index (κ3) is 4.25. The highest BCUT2D eigenvalue weighted by atomic mass is 16.3. The molecule has 0 aliphatic heterocycles. The summed E-state index contributed by atoms with van der Waals surface area (Å²) in [7, 11) is 0. The van der Waals surface area contributed by atoms with Gasteiger partial charge in [-0.05, 0) is 18.8 Å². The van der Waals surface area contributed by atoms with Gasteiger partial charge < -0.3 is 10.4 Å². The summed E-state index contributed by atoms with van der Waals surface area (Å²) >= 11 is 0. The van der Waals surface area contributed by atoms with Gasteiger partial charge in [-0.3, -0.25) is 0 Å². The standard InChI is InChI=1S/C11H19N3O/c1-9-6-10(14-8-13-9)12-7-11(2,3)4-5-15/h6,8,15H,4-5,7H2,1-3H3,(H,12,13,14). The molecule has 84 valence electrons. The zero-order chi connectivity index (χ0) is 11.3. The van der Waals surface area contributed by atoms with Crippen LogP contribution in [0.15, 0.2) is 12.4 Å². The number of aliphatic hydroxyl groups is 1. The quantitative estimate of drug-likeness (QED) is 0.773. The summed E-state index contributed by atoms with van der Waals surface area (Å²) in [4.78, 5) is 8.15. The number of aromatic nitrogens is 2. The van der Waals surface area contributed by atoms with Crippen molar-refractivity contribution in [2.24, 2.45) is 5.41 Å². The second-order valence-electron chi connectivity index (χ2n) is 4.54. The number of nitrogens with zero attached hydrogens (tertiary/aromatic N) is 2. The van der Waals surface area contributed by atoms with Crippen LogP contribution in [0.4, 0.5) is 5.82 Å². The number of rotatable bonds is 5. The Kier molecular flexibility index (Phi) is 4.03. The topological polar surface area (TPSA) is 58.0 Å². The van der Waals surface area contributed by atoms with E-state index in [1.807, 2.05) is 13.0 Å². The first-order valence-corrected chi connectivity index (χ1v) is 5.17. The fraction of sp³-hybridized carbons (Fsp3) is 0.636. The van der Waals surface area contributed by atoms with E-state index in [0.29, 0.717) is 0 Å². The van der Waals surface area contributed by atoms with Crippen molar-refractivity contribution in [3.63, 3.8) is 0 Å². The second-order valence-corrected chi connectivity index (χ2v) is 4.54. The molecule has 1 aromatic rings. The van der Waals surface area contributed by atoms with E-state index in [9.17, 15) is 0 Å². The number of anilines is 1. The summed E-state index contributed by atoms with van der Waals surface area (Å²) < 4.78 is 0. The third-order valence-electron chi connectivity index (χ3n) is 2.34. The van der Waals surface area contributed by atoms with Gasteiger partial charge in [0.05, 0.1) is 0 Å². The maximum atomic E-state index is 8.89. The van der Waals surface area contributed by atoms with Crippen LogP contribution in [0.25, 0.3) is 0 Å². The van der Waals surface area contributed by atoms with Gasteiger partial charge in [-0.1, -0.05) is 13.8 Å². The summed E-state index contributed by atoms with van der Waals surface area (Å²) in [5.41, 5.74) is 1.03. The largest absolute Gasteiger partial charge is 0.396 e. The Bertz CT molecular complexity index is 312. The van der Waals surface area contributed by atoms with Crippen molar-refractivity contribution in [1.29, 1.82) is 0 Å². The summed E-state index contributed by atoms with van der Waals surface area (Å²) in [5, 5.41) is 12.1. The van der Waals surface area contributed by atoms with Gasteiger partial charge in [-0.15, -0.1) is 0 Å². The van der Waals surface area contributed by atoms with Crippen LogP contribution in [0.1, 0.15) is 26.0 Å². The van der Waals surface area contributed by atoms with Crippen molar-refractivity contribution in [3.05, 3.63) is 18.1 Å². The van der Waals surface area contributed by atoms with E-state index in [4.69, 9.17) is 5.11 Å². The first-order valence-electron chi connectivity index (χ1n) is 5.17. The van der Waals surface area contributed by atoms with E-state index >= 15 is 0 Å². The minimum Gasteiger partial charge on any atom is -0.396 e. The number of aryl methyl sites for hydroxylation is 1. The average molecular weight is 209 g/mol. The van der Waals surface area contributed by atoms with Gasteiger partial charge >= 0.3 is 0 Å². The van der Waals surface area contributed by atoms with Crippen LogP contribution < -0.4 is 5.32 Å². The van der Waals surface area contributed by atoms with Crippen molar-refractivity contribution < 1.29 is 5.11 Å². The normalized spacial score (nSPS) is 11.5. The van der Waals surface area contributed by atoms with Crippen LogP contribution in [0.5, 0.6) is 0 Å². The van der Waals surface area contributed by atoms with Gasteiger partial charge in [-0.2, -0.15) is 0 Å².